The molecule has 1 rings (SSSR count). The number of carbonyl (C=O) groups is 2. The van der Waals surface area contributed by atoms with Gasteiger partial charge in [-0.1, -0.05) is 34.6 Å². The standard InChI is InChI=1S/C16H26N2O2/c1-11(2)9-16(6)13(19)12(10-17)14(20)18(16)8-7-15(3,4)5/h11-12H,7-9H2,1-6H3. The smallest absolute Gasteiger partial charge is 0.248 e. The summed E-state index contributed by atoms with van der Waals surface area (Å²) in [6.07, 6.45) is 1.43. The van der Waals surface area contributed by atoms with E-state index in [9.17, 15) is 9.59 Å². The lowest BCUT2D eigenvalue weighted by Crippen LogP contribution is -2.49. The maximum atomic E-state index is 12.5. The van der Waals surface area contributed by atoms with Gasteiger partial charge in [-0.3, -0.25) is 9.59 Å². The number of nitriles is 1. The molecule has 2 atom stereocenters. The molecule has 20 heavy (non-hydrogen) atoms. The van der Waals surface area contributed by atoms with E-state index < -0.39 is 11.5 Å². The summed E-state index contributed by atoms with van der Waals surface area (Å²) < 4.78 is 0. The maximum absolute atomic E-state index is 12.5. The monoisotopic (exact) mass is 278 g/mol. The van der Waals surface area contributed by atoms with Crippen molar-refractivity contribution in [3.05, 3.63) is 0 Å². The molecule has 0 radical (unpaired) electrons. The summed E-state index contributed by atoms with van der Waals surface area (Å²) in [5.41, 5.74) is -0.732. The van der Waals surface area contributed by atoms with Crippen LogP contribution in [0.5, 0.6) is 0 Å². The Kier molecular flexibility index (Phi) is 4.63. The molecule has 1 fully saturated rings. The second-order valence-electron chi connectivity index (χ2n) is 7.60. The van der Waals surface area contributed by atoms with Crippen LogP contribution < -0.4 is 0 Å². The number of hydrogen-bond acceptors (Lipinski definition) is 3. The lowest BCUT2D eigenvalue weighted by molar-refractivity contribution is -0.133. The summed E-state index contributed by atoms with van der Waals surface area (Å²) in [4.78, 5) is 26.4. The number of amides is 1. The molecule has 4 nitrogen and oxygen atoms in total. The van der Waals surface area contributed by atoms with Crippen molar-refractivity contribution >= 4 is 11.7 Å². The summed E-state index contributed by atoms with van der Waals surface area (Å²) in [6, 6.07) is 1.88. The molecule has 1 aliphatic rings. The highest BCUT2D eigenvalue weighted by atomic mass is 16.2. The average molecular weight is 278 g/mol. The van der Waals surface area contributed by atoms with Crippen LogP contribution >= 0.6 is 0 Å². The number of rotatable bonds is 4. The first-order valence-electron chi connectivity index (χ1n) is 7.28. The maximum Gasteiger partial charge on any atom is 0.248 e. The molecule has 0 aromatic carbocycles. The van der Waals surface area contributed by atoms with Crippen LogP contribution in [0.3, 0.4) is 0 Å². The van der Waals surface area contributed by atoms with E-state index in [2.05, 4.69) is 20.8 Å². The fourth-order valence-corrected chi connectivity index (χ4v) is 2.88. The number of likely N-dealkylation sites (tertiary alicyclic amines) is 1. The third-order valence-corrected chi connectivity index (χ3v) is 3.92. The van der Waals surface area contributed by atoms with Gasteiger partial charge in [0.2, 0.25) is 5.91 Å². The predicted octanol–water partition coefficient (Wildman–Crippen LogP) is 2.78. The molecule has 0 aromatic rings. The lowest BCUT2D eigenvalue weighted by Gasteiger charge is -2.36. The Morgan fingerprint density at radius 1 is 1.35 bits per heavy atom. The normalized spacial score (nSPS) is 27.3. The Balaban J connectivity index is 3.06. The Bertz CT molecular complexity index is 442. The van der Waals surface area contributed by atoms with Crippen LogP contribution in [0.2, 0.25) is 0 Å². The summed E-state index contributed by atoms with van der Waals surface area (Å²) in [6.45, 7) is 12.7. The van der Waals surface area contributed by atoms with Crippen LogP contribution in [-0.2, 0) is 9.59 Å². The van der Waals surface area contributed by atoms with E-state index in [0.717, 1.165) is 6.42 Å². The summed E-state index contributed by atoms with van der Waals surface area (Å²) in [5.74, 6) is -1.36. The molecule has 1 saturated heterocycles. The molecule has 0 spiro atoms. The zero-order valence-electron chi connectivity index (χ0n) is 13.5. The largest absolute Gasteiger partial charge is 0.329 e. The molecule has 0 bridgehead atoms. The van der Waals surface area contributed by atoms with Gasteiger partial charge < -0.3 is 4.90 Å². The third kappa shape index (κ3) is 3.20. The summed E-state index contributed by atoms with van der Waals surface area (Å²) in [7, 11) is 0. The molecular formula is C16H26N2O2. The lowest BCUT2D eigenvalue weighted by atomic mass is 9.84. The van der Waals surface area contributed by atoms with Crippen LogP contribution in [0.15, 0.2) is 0 Å². The molecule has 4 heteroatoms. The SMILES string of the molecule is CC(C)CC1(C)C(=O)C(C#N)C(=O)N1CCC(C)(C)C. The first kappa shape index (κ1) is 16.7. The second-order valence-corrected chi connectivity index (χ2v) is 7.60. The van der Waals surface area contributed by atoms with Crippen LogP contribution in [0.25, 0.3) is 0 Å². The van der Waals surface area contributed by atoms with Gasteiger partial charge in [0, 0.05) is 6.54 Å². The van der Waals surface area contributed by atoms with Gasteiger partial charge in [0.25, 0.3) is 0 Å². The quantitative estimate of drug-likeness (QED) is 0.743. The summed E-state index contributed by atoms with van der Waals surface area (Å²) in [5, 5.41) is 9.10. The molecular weight excluding hydrogens is 252 g/mol. The Labute approximate surface area is 122 Å². The molecule has 0 N–H and O–H groups in total. The average Bonchev–Trinajstić information content (AvgIpc) is 2.43. The van der Waals surface area contributed by atoms with Gasteiger partial charge >= 0.3 is 0 Å². The Morgan fingerprint density at radius 2 is 1.90 bits per heavy atom. The van der Waals surface area contributed by atoms with Gasteiger partial charge in [-0.15, -0.1) is 0 Å². The van der Waals surface area contributed by atoms with Gasteiger partial charge in [-0.05, 0) is 31.1 Å². The molecule has 0 saturated carbocycles. The van der Waals surface area contributed by atoms with E-state index in [0.29, 0.717) is 18.9 Å². The number of nitrogens with zero attached hydrogens (tertiary/aromatic N) is 2. The molecule has 1 aliphatic heterocycles. The van der Waals surface area contributed by atoms with Crippen molar-refractivity contribution in [2.45, 2.75) is 59.9 Å². The van der Waals surface area contributed by atoms with E-state index in [4.69, 9.17) is 5.26 Å². The fourth-order valence-electron chi connectivity index (χ4n) is 2.88. The van der Waals surface area contributed by atoms with Crippen molar-refractivity contribution in [2.75, 3.05) is 6.54 Å². The van der Waals surface area contributed by atoms with Crippen molar-refractivity contribution in [1.82, 2.24) is 4.90 Å². The van der Waals surface area contributed by atoms with Crippen LogP contribution in [0.1, 0.15) is 54.4 Å². The van der Waals surface area contributed by atoms with Crippen LogP contribution in [0.4, 0.5) is 0 Å². The molecule has 1 heterocycles. The highest BCUT2D eigenvalue weighted by molar-refractivity contribution is 6.14. The third-order valence-electron chi connectivity index (χ3n) is 3.92. The second kappa shape index (κ2) is 5.55. The molecule has 2 unspecified atom stereocenters. The predicted molar refractivity (Wildman–Crippen MR) is 77.8 cm³/mol. The van der Waals surface area contributed by atoms with E-state index in [-0.39, 0.29) is 17.1 Å². The minimum Gasteiger partial charge on any atom is -0.329 e. The van der Waals surface area contributed by atoms with Crippen molar-refractivity contribution in [1.29, 1.82) is 5.26 Å². The number of hydrogen-bond donors (Lipinski definition) is 0. The van der Waals surface area contributed by atoms with E-state index in [1.165, 1.54) is 0 Å². The fraction of sp³-hybridized carbons (Fsp3) is 0.812. The van der Waals surface area contributed by atoms with Gasteiger partial charge in [0.15, 0.2) is 11.7 Å². The van der Waals surface area contributed by atoms with Gasteiger partial charge in [-0.2, -0.15) is 5.26 Å². The van der Waals surface area contributed by atoms with Crippen LogP contribution in [-0.4, -0.2) is 28.7 Å². The molecule has 0 aromatic heterocycles. The summed E-state index contributed by atoms with van der Waals surface area (Å²) >= 11 is 0. The van der Waals surface area contributed by atoms with E-state index in [1.54, 1.807) is 4.90 Å². The van der Waals surface area contributed by atoms with E-state index in [1.807, 2.05) is 26.8 Å². The van der Waals surface area contributed by atoms with Gasteiger partial charge in [0.05, 0.1) is 6.07 Å². The minimum atomic E-state index is -1.11. The van der Waals surface area contributed by atoms with Crippen molar-refractivity contribution < 1.29 is 9.59 Å². The van der Waals surface area contributed by atoms with Crippen LogP contribution in [0, 0.1) is 28.6 Å². The number of carbonyl (C=O) groups excluding carboxylic acids is 2. The van der Waals surface area contributed by atoms with E-state index >= 15 is 0 Å². The van der Waals surface area contributed by atoms with Crippen molar-refractivity contribution in [3.63, 3.8) is 0 Å². The molecule has 0 aliphatic carbocycles. The van der Waals surface area contributed by atoms with Crippen molar-refractivity contribution in [3.8, 4) is 6.07 Å². The first-order valence-corrected chi connectivity index (χ1v) is 7.28. The number of ketones is 1. The zero-order valence-corrected chi connectivity index (χ0v) is 13.5. The molecule has 112 valence electrons. The highest BCUT2D eigenvalue weighted by Crippen LogP contribution is 2.36. The van der Waals surface area contributed by atoms with Crippen molar-refractivity contribution in [2.24, 2.45) is 17.3 Å². The van der Waals surface area contributed by atoms with Gasteiger partial charge in [-0.25, -0.2) is 0 Å². The first-order chi connectivity index (χ1) is 9.03. The molecule has 1 amide bonds. The number of Topliss-reactive ketones (excluding diaryl/α,β-unsaturated/α-hetero) is 1. The minimum absolute atomic E-state index is 0.0901. The highest BCUT2D eigenvalue weighted by Gasteiger charge is 2.55. The Hall–Kier alpha value is -1.37. The Morgan fingerprint density at radius 3 is 2.30 bits per heavy atom. The zero-order chi connectivity index (χ0) is 15.7. The van der Waals surface area contributed by atoms with Gasteiger partial charge in [0.1, 0.15) is 5.54 Å². The topological polar surface area (TPSA) is 61.2 Å².